The van der Waals surface area contributed by atoms with Crippen molar-refractivity contribution < 1.29 is 22.7 Å². The first-order valence-corrected chi connectivity index (χ1v) is 11.2. The number of halogens is 4. The van der Waals surface area contributed by atoms with Gasteiger partial charge in [-0.05, 0) is 48.0 Å². The van der Waals surface area contributed by atoms with Crippen molar-refractivity contribution in [3.05, 3.63) is 99.4 Å². The lowest BCUT2D eigenvalue weighted by atomic mass is 10.1. The Morgan fingerprint density at radius 1 is 1.03 bits per heavy atom. The lowest BCUT2D eigenvalue weighted by molar-refractivity contribution is -0.137. The summed E-state index contributed by atoms with van der Waals surface area (Å²) in [7, 11) is 0. The molecule has 168 valence electrons. The van der Waals surface area contributed by atoms with E-state index in [9.17, 15) is 18.0 Å². The molecule has 3 aromatic rings. The third kappa shape index (κ3) is 5.40. The molecular formula is C24H15ClF3NO2S2. The Morgan fingerprint density at radius 2 is 1.79 bits per heavy atom. The molecule has 1 saturated heterocycles. The molecule has 1 aliphatic rings. The largest absolute Gasteiger partial charge is 0.489 e. The SMILES string of the molecule is O=C1/C(=C/c2cccc(OCc3ccccc3Cl)c2)SC(=S)N1c1cccc(C(F)(F)F)c1. The van der Waals surface area contributed by atoms with Gasteiger partial charge in [-0.15, -0.1) is 0 Å². The molecule has 1 heterocycles. The molecule has 0 atom stereocenters. The summed E-state index contributed by atoms with van der Waals surface area (Å²) in [5.74, 6) is 0.101. The Balaban J connectivity index is 1.53. The van der Waals surface area contributed by atoms with Gasteiger partial charge in [-0.2, -0.15) is 13.2 Å². The zero-order valence-electron chi connectivity index (χ0n) is 16.8. The zero-order valence-corrected chi connectivity index (χ0v) is 19.2. The normalized spacial score (nSPS) is 15.4. The molecule has 1 aliphatic heterocycles. The van der Waals surface area contributed by atoms with E-state index in [1.54, 1.807) is 36.4 Å². The van der Waals surface area contributed by atoms with Crippen molar-refractivity contribution >= 4 is 57.6 Å². The van der Waals surface area contributed by atoms with Gasteiger partial charge >= 0.3 is 6.18 Å². The number of hydrogen-bond donors (Lipinski definition) is 0. The fourth-order valence-electron chi connectivity index (χ4n) is 3.13. The van der Waals surface area contributed by atoms with Crippen LogP contribution in [0.3, 0.4) is 0 Å². The second-order valence-electron chi connectivity index (χ2n) is 7.02. The van der Waals surface area contributed by atoms with E-state index >= 15 is 0 Å². The monoisotopic (exact) mass is 505 g/mol. The molecule has 1 fully saturated rings. The maximum absolute atomic E-state index is 13.1. The van der Waals surface area contributed by atoms with E-state index in [4.69, 9.17) is 28.6 Å². The summed E-state index contributed by atoms with van der Waals surface area (Å²) in [5, 5.41) is 0.604. The van der Waals surface area contributed by atoms with Crippen LogP contribution in [0.2, 0.25) is 5.02 Å². The van der Waals surface area contributed by atoms with E-state index in [0.717, 1.165) is 34.4 Å². The van der Waals surface area contributed by atoms with Crippen LogP contribution in [0, 0.1) is 0 Å². The van der Waals surface area contributed by atoms with E-state index in [2.05, 4.69) is 0 Å². The fraction of sp³-hybridized carbons (Fsp3) is 0.0833. The number of rotatable bonds is 5. The lowest BCUT2D eigenvalue weighted by Crippen LogP contribution is -2.27. The molecule has 0 aliphatic carbocycles. The highest BCUT2D eigenvalue weighted by Gasteiger charge is 2.36. The highest BCUT2D eigenvalue weighted by molar-refractivity contribution is 8.27. The van der Waals surface area contributed by atoms with E-state index in [0.29, 0.717) is 21.2 Å². The van der Waals surface area contributed by atoms with Gasteiger partial charge in [-0.3, -0.25) is 9.69 Å². The first-order chi connectivity index (χ1) is 15.7. The van der Waals surface area contributed by atoms with Gasteiger partial charge in [0.25, 0.3) is 5.91 Å². The van der Waals surface area contributed by atoms with E-state index in [-0.39, 0.29) is 16.6 Å². The van der Waals surface area contributed by atoms with E-state index < -0.39 is 17.6 Å². The molecule has 1 amide bonds. The maximum atomic E-state index is 13.1. The first kappa shape index (κ1) is 23.4. The number of thioether (sulfide) groups is 1. The molecule has 33 heavy (non-hydrogen) atoms. The van der Waals surface area contributed by atoms with Crippen LogP contribution in [0.15, 0.2) is 77.7 Å². The minimum absolute atomic E-state index is 0.0764. The van der Waals surface area contributed by atoms with Gasteiger partial charge in [-0.1, -0.05) is 72.0 Å². The molecule has 0 saturated carbocycles. The average Bonchev–Trinajstić information content (AvgIpc) is 3.05. The van der Waals surface area contributed by atoms with Crippen LogP contribution in [0.4, 0.5) is 18.9 Å². The lowest BCUT2D eigenvalue weighted by Gasteiger charge is -2.16. The van der Waals surface area contributed by atoms with Gasteiger partial charge in [0.1, 0.15) is 12.4 Å². The predicted molar refractivity (Wildman–Crippen MR) is 129 cm³/mol. The average molecular weight is 506 g/mol. The minimum atomic E-state index is -4.52. The topological polar surface area (TPSA) is 29.5 Å². The Kier molecular flexibility index (Phi) is 6.78. The molecule has 9 heteroatoms. The molecule has 3 nitrogen and oxygen atoms in total. The molecular weight excluding hydrogens is 491 g/mol. The van der Waals surface area contributed by atoms with Gasteiger partial charge in [-0.25, -0.2) is 0 Å². The Labute approximate surface area is 202 Å². The quantitative estimate of drug-likeness (QED) is 0.268. The standard InChI is InChI=1S/C24H15ClF3NO2S2/c25-20-10-2-1-6-16(20)14-31-19-9-3-5-15(11-19)12-21-22(30)29(23(32)33-21)18-8-4-7-17(13-18)24(26,27)28/h1-13H,14H2/b21-12-. The number of nitrogens with zero attached hydrogens (tertiary/aromatic N) is 1. The second kappa shape index (κ2) is 9.59. The predicted octanol–water partition coefficient (Wildman–Crippen LogP) is 7.34. The molecule has 0 aromatic heterocycles. The van der Waals surface area contributed by atoms with Gasteiger partial charge in [0.15, 0.2) is 4.32 Å². The molecule has 4 rings (SSSR count). The molecule has 0 radical (unpaired) electrons. The zero-order chi connectivity index (χ0) is 23.6. The summed E-state index contributed by atoms with van der Waals surface area (Å²) in [5.41, 5.74) is 0.761. The summed E-state index contributed by atoms with van der Waals surface area (Å²) < 4.78 is 45.2. The van der Waals surface area contributed by atoms with Crippen LogP contribution in [0.25, 0.3) is 6.08 Å². The van der Waals surface area contributed by atoms with Gasteiger partial charge in [0, 0.05) is 10.6 Å². The van der Waals surface area contributed by atoms with Crippen molar-refractivity contribution in [1.82, 2.24) is 0 Å². The van der Waals surface area contributed by atoms with Crippen molar-refractivity contribution in [2.45, 2.75) is 12.8 Å². The van der Waals surface area contributed by atoms with Crippen molar-refractivity contribution in [3.8, 4) is 5.75 Å². The summed E-state index contributed by atoms with van der Waals surface area (Å²) in [6.45, 7) is 0.279. The Morgan fingerprint density at radius 3 is 2.55 bits per heavy atom. The van der Waals surface area contributed by atoms with E-state index in [1.165, 1.54) is 12.1 Å². The maximum Gasteiger partial charge on any atom is 0.416 e. The van der Waals surface area contributed by atoms with Crippen LogP contribution in [-0.2, 0) is 17.6 Å². The summed E-state index contributed by atoms with van der Waals surface area (Å²) >= 11 is 12.5. The summed E-state index contributed by atoms with van der Waals surface area (Å²) in [6, 6.07) is 19.0. The highest BCUT2D eigenvalue weighted by atomic mass is 35.5. The Bertz CT molecular complexity index is 1260. The Hall–Kier alpha value is -2.81. The fourth-order valence-corrected chi connectivity index (χ4v) is 4.62. The number of amides is 1. The van der Waals surface area contributed by atoms with E-state index in [1.807, 2.05) is 18.2 Å². The third-order valence-electron chi connectivity index (χ3n) is 4.73. The van der Waals surface area contributed by atoms with Crippen LogP contribution in [0.5, 0.6) is 5.75 Å². The number of hydrogen-bond acceptors (Lipinski definition) is 4. The van der Waals surface area contributed by atoms with Gasteiger partial charge in [0.2, 0.25) is 0 Å². The minimum Gasteiger partial charge on any atom is -0.489 e. The number of thiocarbonyl (C=S) groups is 1. The number of benzene rings is 3. The van der Waals surface area contributed by atoms with Crippen LogP contribution >= 0.6 is 35.6 Å². The number of alkyl halides is 3. The summed E-state index contributed by atoms with van der Waals surface area (Å²) in [6.07, 6.45) is -2.88. The molecule has 0 bridgehead atoms. The first-order valence-electron chi connectivity index (χ1n) is 9.64. The molecule has 0 N–H and O–H groups in total. The van der Waals surface area contributed by atoms with Crippen LogP contribution < -0.4 is 9.64 Å². The highest BCUT2D eigenvalue weighted by Crippen LogP contribution is 2.38. The van der Waals surface area contributed by atoms with Crippen LogP contribution in [-0.4, -0.2) is 10.2 Å². The molecule has 0 spiro atoms. The second-order valence-corrected chi connectivity index (χ2v) is 9.10. The van der Waals surface area contributed by atoms with Crippen molar-refractivity contribution in [2.75, 3.05) is 4.90 Å². The third-order valence-corrected chi connectivity index (χ3v) is 6.40. The number of carbonyl (C=O) groups excluding carboxylic acids is 1. The smallest absolute Gasteiger partial charge is 0.416 e. The summed E-state index contributed by atoms with van der Waals surface area (Å²) in [4.78, 5) is 14.4. The van der Waals surface area contributed by atoms with Crippen molar-refractivity contribution in [3.63, 3.8) is 0 Å². The number of anilines is 1. The van der Waals surface area contributed by atoms with Crippen molar-refractivity contribution in [2.24, 2.45) is 0 Å². The number of carbonyl (C=O) groups is 1. The van der Waals surface area contributed by atoms with Gasteiger partial charge < -0.3 is 4.74 Å². The molecule has 3 aromatic carbocycles. The number of ether oxygens (including phenoxy) is 1. The van der Waals surface area contributed by atoms with Crippen LogP contribution in [0.1, 0.15) is 16.7 Å². The molecule has 0 unspecified atom stereocenters. The van der Waals surface area contributed by atoms with Crippen molar-refractivity contribution in [1.29, 1.82) is 0 Å². The van der Waals surface area contributed by atoms with Gasteiger partial charge in [0.05, 0.1) is 16.2 Å².